The first-order valence-electron chi connectivity index (χ1n) is 3.85. The molecule has 0 heterocycles. The van der Waals surface area contributed by atoms with Crippen LogP contribution in [0.3, 0.4) is 0 Å². The molecule has 0 saturated carbocycles. The van der Waals surface area contributed by atoms with Crippen LogP contribution in [-0.4, -0.2) is 40.3 Å². The second-order valence-electron chi connectivity index (χ2n) is 2.93. The van der Waals surface area contributed by atoms with Crippen LogP contribution in [0, 0.1) is 10.1 Å². The second kappa shape index (κ2) is 4.24. The van der Waals surface area contributed by atoms with E-state index < -0.39 is 44.1 Å². The molecule has 1 aromatic carbocycles. The van der Waals surface area contributed by atoms with Crippen molar-refractivity contribution in [3.63, 3.8) is 0 Å². The van der Waals surface area contributed by atoms with Crippen LogP contribution >= 0.6 is 0 Å². The van der Waals surface area contributed by atoms with Crippen molar-refractivity contribution in [2.24, 2.45) is 0 Å². The molecular formula is C6H6AsNO8S. The van der Waals surface area contributed by atoms with Gasteiger partial charge in [0.1, 0.15) is 0 Å². The summed E-state index contributed by atoms with van der Waals surface area (Å²) in [6.07, 6.45) is 0. The average Bonchev–Trinajstić information content (AvgIpc) is 2.14. The van der Waals surface area contributed by atoms with Crippen LogP contribution in [0.5, 0.6) is 0 Å². The Morgan fingerprint density at radius 3 is 2.18 bits per heavy atom. The second-order valence-corrected chi connectivity index (χ2v) is 7.68. The molecule has 17 heavy (non-hydrogen) atoms. The van der Waals surface area contributed by atoms with E-state index in [1.807, 2.05) is 0 Å². The zero-order valence-corrected chi connectivity index (χ0v) is 10.6. The maximum absolute atomic E-state index is 10.9. The quantitative estimate of drug-likeness (QED) is 0.259. The summed E-state index contributed by atoms with van der Waals surface area (Å²) in [6, 6.07) is 1.72. The molecule has 0 atom stereocenters. The van der Waals surface area contributed by atoms with Gasteiger partial charge in [-0.3, -0.25) is 0 Å². The van der Waals surface area contributed by atoms with E-state index in [4.69, 9.17) is 12.7 Å². The fourth-order valence-corrected chi connectivity index (χ4v) is 2.86. The van der Waals surface area contributed by atoms with E-state index >= 15 is 0 Å². The summed E-state index contributed by atoms with van der Waals surface area (Å²) >= 11 is -5.36. The third-order valence-electron chi connectivity index (χ3n) is 1.75. The zero-order valence-electron chi connectivity index (χ0n) is 7.92. The fraction of sp³-hybridized carbons (Fsp3) is 0. The van der Waals surface area contributed by atoms with E-state index in [1.165, 1.54) is 0 Å². The molecule has 3 N–H and O–H groups in total. The molecule has 0 aliphatic heterocycles. The number of nitrogens with zero attached hydrogens (tertiary/aromatic N) is 1. The van der Waals surface area contributed by atoms with E-state index in [1.54, 1.807) is 0 Å². The SMILES string of the molecule is O=[N+]([O-])c1cc([As](=O)(O)O)ccc1S(=O)(=O)O. The van der Waals surface area contributed by atoms with Gasteiger partial charge in [-0.05, 0) is 0 Å². The molecule has 0 bridgehead atoms. The molecule has 0 aliphatic carbocycles. The van der Waals surface area contributed by atoms with Crippen molar-refractivity contribution in [2.75, 3.05) is 0 Å². The maximum atomic E-state index is 10.9. The Hall–Kier alpha value is -1.19. The minimum atomic E-state index is -5.36. The molecule has 9 nitrogen and oxygen atoms in total. The van der Waals surface area contributed by atoms with E-state index in [0.29, 0.717) is 12.1 Å². The van der Waals surface area contributed by atoms with Crippen molar-refractivity contribution in [2.45, 2.75) is 4.90 Å². The molecule has 11 heteroatoms. The molecular weight excluding hydrogens is 321 g/mol. The Bertz CT molecular complexity index is 617. The topological polar surface area (TPSA) is 155 Å². The van der Waals surface area contributed by atoms with Crippen LogP contribution in [0.4, 0.5) is 5.69 Å². The van der Waals surface area contributed by atoms with Gasteiger partial charge in [0.05, 0.1) is 0 Å². The summed E-state index contributed by atoms with van der Waals surface area (Å²) in [7, 11) is -4.83. The van der Waals surface area contributed by atoms with Crippen molar-refractivity contribution in [1.82, 2.24) is 0 Å². The third-order valence-corrected chi connectivity index (χ3v) is 4.65. The first kappa shape index (κ1) is 13.9. The number of nitro benzene ring substituents is 1. The summed E-state index contributed by atoms with van der Waals surface area (Å²) in [5.41, 5.74) is -1.09. The zero-order chi connectivity index (χ0) is 13.4. The van der Waals surface area contributed by atoms with Gasteiger partial charge < -0.3 is 0 Å². The number of nitro groups is 1. The van der Waals surface area contributed by atoms with Gasteiger partial charge in [-0.2, -0.15) is 0 Å². The fourth-order valence-electron chi connectivity index (χ4n) is 1.05. The van der Waals surface area contributed by atoms with Crippen LogP contribution in [0.15, 0.2) is 23.1 Å². The van der Waals surface area contributed by atoms with Gasteiger partial charge in [0.25, 0.3) is 0 Å². The van der Waals surface area contributed by atoms with Crippen molar-refractivity contribution < 1.29 is 29.8 Å². The molecule has 0 spiro atoms. The molecule has 0 aliphatic rings. The van der Waals surface area contributed by atoms with Gasteiger partial charge in [0.2, 0.25) is 0 Å². The van der Waals surface area contributed by atoms with E-state index in [9.17, 15) is 22.3 Å². The average molecular weight is 327 g/mol. The number of rotatable bonds is 3. The number of benzene rings is 1. The standard InChI is InChI=1S/C6H6AsNO8S/c9-7(10,11)4-1-2-6(17(14,15)16)5(3-4)8(12)13/h1-3H,(H2,9,10,11)(H,14,15,16). The molecule has 94 valence electrons. The number of hydrogen-bond donors (Lipinski definition) is 3. The van der Waals surface area contributed by atoms with Crippen molar-refractivity contribution >= 4 is 34.3 Å². The first-order chi connectivity index (χ1) is 7.53. The Kier molecular flexibility index (Phi) is 3.46. The van der Waals surface area contributed by atoms with Crippen LogP contribution in [0.25, 0.3) is 0 Å². The Morgan fingerprint density at radius 2 is 1.82 bits per heavy atom. The molecule has 0 saturated heterocycles. The molecule has 0 unspecified atom stereocenters. The van der Waals surface area contributed by atoms with Gasteiger partial charge in [0.15, 0.2) is 0 Å². The van der Waals surface area contributed by atoms with Crippen LogP contribution in [-0.2, 0) is 13.9 Å². The van der Waals surface area contributed by atoms with Crippen molar-refractivity contribution in [1.29, 1.82) is 0 Å². The molecule has 0 fully saturated rings. The van der Waals surface area contributed by atoms with Gasteiger partial charge >= 0.3 is 97.4 Å². The summed E-state index contributed by atoms with van der Waals surface area (Å²) < 4.78 is 58.1. The monoisotopic (exact) mass is 327 g/mol. The summed E-state index contributed by atoms with van der Waals surface area (Å²) in [5, 5.41) is 10.5. The van der Waals surface area contributed by atoms with E-state index in [2.05, 4.69) is 0 Å². The molecule has 0 radical (unpaired) electrons. The van der Waals surface area contributed by atoms with Gasteiger partial charge in [-0.1, -0.05) is 0 Å². The third kappa shape index (κ3) is 3.14. The summed E-state index contributed by atoms with van der Waals surface area (Å²) in [6.45, 7) is 0. The Labute approximate surface area is 97.6 Å². The van der Waals surface area contributed by atoms with Crippen molar-refractivity contribution in [3.05, 3.63) is 28.3 Å². The number of hydrogen-bond acceptors (Lipinski definition) is 5. The Morgan fingerprint density at radius 1 is 1.29 bits per heavy atom. The predicted molar refractivity (Wildman–Crippen MR) is 53.4 cm³/mol. The molecule has 0 aromatic heterocycles. The van der Waals surface area contributed by atoms with E-state index in [-0.39, 0.29) is 0 Å². The Balaban J connectivity index is 3.60. The normalized spacial score (nSPS) is 12.4. The van der Waals surface area contributed by atoms with Gasteiger partial charge in [-0.15, -0.1) is 0 Å². The van der Waals surface area contributed by atoms with Crippen molar-refractivity contribution in [3.8, 4) is 0 Å². The minimum absolute atomic E-state index is 0.434. The molecule has 1 aromatic rings. The van der Waals surface area contributed by atoms with E-state index in [0.717, 1.165) is 6.07 Å². The predicted octanol–water partition coefficient (Wildman–Crippen LogP) is -1.60. The first-order valence-corrected chi connectivity index (χ1v) is 8.68. The summed E-state index contributed by atoms with van der Waals surface area (Å²) in [5.74, 6) is 0. The van der Waals surface area contributed by atoms with Crippen LogP contribution in [0.1, 0.15) is 0 Å². The van der Waals surface area contributed by atoms with Gasteiger partial charge in [0, 0.05) is 0 Å². The molecule has 0 amide bonds. The van der Waals surface area contributed by atoms with Crippen LogP contribution < -0.4 is 4.35 Å². The van der Waals surface area contributed by atoms with Crippen LogP contribution in [0.2, 0.25) is 0 Å². The molecule has 1 rings (SSSR count). The van der Waals surface area contributed by atoms with Gasteiger partial charge in [-0.25, -0.2) is 0 Å². The summed E-state index contributed by atoms with van der Waals surface area (Å²) in [4.78, 5) is 8.36.